The summed E-state index contributed by atoms with van der Waals surface area (Å²) in [5.41, 5.74) is 6.01. The average Bonchev–Trinajstić information content (AvgIpc) is 3.21. The predicted molar refractivity (Wildman–Crippen MR) is 171 cm³/mol. The van der Waals surface area contributed by atoms with Gasteiger partial charge in [0.25, 0.3) is 0 Å². The molecule has 41 heavy (non-hydrogen) atoms. The van der Waals surface area contributed by atoms with E-state index in [2.05, 4.69) is 96.0 Å². The second kappa shape index (κ2) is 11.4. The Morgan fingerprint density at radius 1 is 1.20 bits per heavy atom. The Balaban J connectivity index is 1.51. The van der Waals surface area contributed by atoms with Crippen molar-refractivity contribution in [1.82, 2.24) is 9.62 Å². The monoisotopic (exact) mass is 587 g/mol. The molecule has 0 saturated carbocycles. The van der Waals surface area contributed by atoms with Crippen molar-refractivity contribution in [2.75, 3.05) is 18.0 Å². The zero-order chi connectivity index (χ0) is 28.7. The lowest BCUT2D eigenvalue weighted by atomic mass is 9.79. The summed E-state index contributed by atoms with van der Waals surface area (Å²) in [7, 11) is 0. The Bertz CT molecular complexity index is 1450. The number of carboxylic acids is 1. The molecule has 2 aromatic rings. The molecule has 214 valence electrons. The summed E-state index contributed by atoms with van der Waals surface area (Å²) in [6.45, 7) is 8.75. The molecule has 4 atom stereocenters. The van der Waals surface area contributed by atoms with Gasteiger partial charge in [0.1, 0.15) is 0 Å². The number of anilines is 1. The van der Waals surface area contributed by atoms with Crippen LogP contribution >= 0.6 is 23.5 Å². The van der Waals surface area contributed by atoms with E-state index in [-0.39, 0.29) is 27.3 Å². The minimum Gasteiger partial charge on any atom is -0.478 e. The number of carboxylic acid groups (broad SMARTS) is 1. The lowest BCUT2D eigenvalue weighted by molar-refractivity contribution is 0.0697. The van der Waals surface area contributed by atoms with E-state index in [0.29, 0.717) is 12.0 Å². The van der Waals surface area contributed by atoms with Crippen LogP contribution in [0.1, 0.15) is 56.0 Å². The summed E-state index contributed by atoms with van der Waals surface area (Å²) < 4.78 is 3.82. The maximum absolute atomic E-state index is 12.1. The van der Waals surface area contributed by atoms with E-state index in [1.807, 2.05) is 18.0 Å². The largest absolute Gasteiger partial charge is 0.478 e. The normalized spacial score (nSPS) is 27.5. The summed E-state index contributed by atoms with van der Waals surface area (Å²) in [6.07, 6.45) is 14.3. The number of allylic oxidation sites excluding steroid dienone is 4. The number of hydrogen-bond acceptors (Lipinski definition) is 5. The minimum absolute atomic E-state index is 0.0652. The molecule has 5 nitrogen and oxygen atoms in total. The Morgan fingerprint density at radius 3 is 2.76 bits per heavy atom. The molecule has 2 saturated heterocycles. The highest BCUT2D eigenvalue weighted by Gasteiger charge is 2.44. The standard InChI is InChI=1S/C34H38ClN3O2S/c1-22(2)17-24-21-38(25-9-5-4-6-10-25)30-20-29(37-16-15-34(3)14-8-7-11-32(34)37)26(19-31(30)41-36-24)23-12-13-28(35)27(18-23)33(39)40/h4-14,18,20,22,24,31-32,36H,15-17,19,21H2,1-3H3,(H,39,40)/t24-,31?,32?,34?/m1/s1. The van der Waals surface area contributed by atoms with Crippen LogP contribution in [0.25, 0.3) is 5.57 Å². The molecule has 3 unspecified atom stereocenters. The van der Waals surface area contributed by atoms with Crippen LogP contribution in [0.3, 0.4) is 0 Å². The third kappa shape index (κ3) is 5.50. The van der Waals surface area contributed by atoms with Gasteiger partial charge in [0.2, 0.25) is 0 Å². The number of aromatic carboxylic acids is 1. The first-order valence-electron chi connectivity index (χ1n) is 14.6. The van der Waals surface area contributed by atoms with Crippen molar-refractivity contribution in [3.8, 4) is 0 Å². The van der Waals surface area contributed by atoms with Gasteiger partial charge in [0, 0.05) is 41.6 Å². The van der Waals surface area contributed by atoms with Gasteiger partial charge in [-0.25, -0.2) is 4.79 Å². The Labute approximate surface area is 252 Å². The number of fused-ring (bicyclic) bond motifs is 2. The third-order valence-corrected chi connectivity index (χ3v) is 10.4. The number of carbonyl (C=O) groups is 1. The van der Waals surface area contributed by atoms with Crippen LogP contribution in [0.2, 0.25) is 5.02 Å². The summed E-state index contributed by atoms with van der Waals surface area (Å²) in [4.78, 5) is 17.1. The highest BCUT2D eigenvalue weighted by molar-refractivity contribution is 7.98. The van der Waals surface area contributed by atoms with Crippen LogP contribution in [0.15, 0.2) is 90.3 Å². The molecule has 2 heterocycles. The number of nitrogens with zero attached hydrogens (tertiary/aromatic N) is 2. The van der Waals surface area contributed by atoms with Gasteiger partial charge < -0.3 is 14.9 Å². The minimum atomic E-state index is -1.00. The van der Waals surface area contributed by atoms with E-state index in [4.69, 9.17) is 11.6 Å². The summed E-state index contributed by atoms with van der Waals surface area (Å²) in [5, 5.41) is 10.3. The molecule has 2 aliphatic carbocycles. The Kier molecular flexibility index (Phi) is 7.84. The molecule has 4 aliphatic rings. The van der Waals surface area contributed by atoms with Crippen molar-refractivity contribution in [3.63, 3.8) is 0 Å². The second-order valence-corrected chi connectivity index (χ2v) is 13.7. The second-order valence-electron chi connectivity index (χ2n) is 12.3. The zero-order valence-electron chi connectivity index (χ0n) is 23.9. The van der Waals surface area contributed by atoms with E-state index >= 15 is 0 Å². The van der Waals surface area contributed by atoms with Crippen molar-refractivity contribution in [2.24, 2.45) is 11.3 Å². The van der Waals surface area contributed by atoms with E-state index < -0.39 is 5.97 Å². The lowest BCUT2D eigenvalue weighted by Gasteiger charge is -2.40. The van der Waals surface area contributed by atoms with Crippen molar-refractivity contribution in [3.05, 3.63) is 106 Å². The van der Waals surface area contributed by atoms with Crippen molar-refractivity contribution < 1.29 is 9.90 Å². The third-order valence-electron chi connectivity index (χ3n) is 8.87. The van der Waals surface area contributed by atoms with E-state index in [1.54, 1.807) is 12.1 Å². The quantitative estimate of drug-likeness (QED) is 0.337. The first kappa shape index (κ1) is 28.2. The van der Waals surface area contributed by atoms with Gasteiger partial charge in [0.05, 0.1) is 21.9 Å². The van der Waals surface area contributed by atoms with E-state index in [1.165, 1.54) is 22.7 Å². The maximum Gasteiger partial charge on any atom is 0.337 e. The van der Waals surface area contributed by atoms with Crippen molar-refractivity contribution in [2.45, 2.75) is 57.4 Å². The number of likely N-dealkylation sites (tertiary alicyclic amines) is 1. The molecule has 0 aromatic heterocycles. The van der Waals surface area contributed by atoms with E-state index in [0.717, 1.165) is 37.9 Å². The van der Waals surface area contributed by atoms with Gasteiger partial charge in [-0.05, 0) is 66.7 Å². The average molecular weight is 588 g/mol. The van der Waals surface area contributed by atoms with Gasteiger partial charge in [-0.15, -0.1) is 0 Å². The molecular weight excluding hydrogens is 550 g/mol. The fourth-order valence-corrected chi connectivity index (χ4v) is 8.08. The van der Waals surface area contributed by atoms with Gasteiger partial charge in [-0.2, -0.15) is 0 Å². The highest BCUT2D eigenvalue weighted by Crippen LogP contribution is 2.48. The molecule has 6 rings (SSSR count). The SMILES string of the molecule is CC(C)C[C@@H]1CN(c2ccccc2)C2=CC(N3CCC4(C)C=CC=CC34)=C(c3ccc(Cl)c(C(=O)O)c3)CC2SN1. The van der Waals surface area contributed by atoms with Crippen LogP contribution in [-0.2, 0) is 0 Å². The smallest absolute Gasteiger partial charge is 0.337 e. The fourth-order valence-electron chi connectivity index (χ4n) is 6.79. The predicted octanol–water partition coefficient (Wildman–Crippen LogP) is 7.78. The number of benzene rings is 2. The maximum atomic E-state index is 12.1. The summed E-state index contributed by atoms with van der Waals surface area (Å²) >= 11 is 8.14. The number of hydrogen-bond donors (Lipinski definition) is 2. The van der Waals surface area contributed by atoms with Gasteiger partial charge in [0.15, 0.2) is 0 Å². The van der Waals surface area contributed by atoms with Gasteiger partial charge >= 0.3 is 5.97 Å². The van der Waals surface area contributed by atoms with Gasteiger partial charge in [-0.1, -0.05) is 92.9 Å². The van der Waals surface area contributed by atoms with Crippen LogP contribution < -0.4 is 9.62 Å². The Hall–Kier alpha value is -2.93. The number of halogens is 1. The highest BCUT2D eigenvalue weighted by atomic mass is 35.5. The van der Waals surface area contributed by atoms with Crippen molar-refractivity contribution in [1.29, 1.82) is 0 Å². The van der Waals surface area contributed by atoms with Crippen molar-refractivity contribution >= 4 is 40.8 Å². The number of para-hydroxylation sites is 1. The lowest BCUT2D eigenvalue weighted by Crippen LogP contribution is -2.39. The fraction of sp³-hybridized carbons (Fsp3) is 0.382. The molecular formula is C34H38ClN3O2S. The number of nitrogens with one attached hydrogen (secondary N) is 1. The number of rotatable bonds is 6. The first-order valence-corrected chi connectivity index (χ1v) is 15.8. The van der Waals surface area contributed by atoms with Crippen LogP contribution in [0, 0.1) is 11.3 Å². The molecule has 0 spiro atoms. The molecule has 2 fully saturated rings. The topological polar surface area (TPSA) is 55.8 Å². The molecule has 2 N–H and O–H groups in total. The summed E-state index contributed by atoms with van der Waals surface area (Å²) in [6, 6.07) is 16.8. The van der Waals surface area contributed by atoms with Crippen LogP contribution in [0.4, 0.5) is 5.69 Å². The zero-order valence-corrected chi connectivity index (χ0v) is 25.5. The molecule has 0 amide bonds. The molecule has 0 radical (unpaired) electrons. The molecule has 2 aliphatic heterocycles. The molecule has 2 aromatic carbocycles. The summed E-state index contributed by atoms with van der Waals surface area (Å²) in [5.74, 6) is -0.418. The first-order chi connectivity index (χ1) is 19.7. The van der Waals surface area contributed by atoms with E-state index in [9.17, 15) is 9.90 Å². The van der Waals surface area contributed by atoms with Gasteiger partial charge in [-0.3, -0.25) is 4.72 Å². The molecule has 0 bridgehead atoms. The van der Waals surface area contributed by atoms with Crippen LogP contribution in [0.5, 0.6) is 0 Å². The molecule has 7 heteroatoms. The van der Waals surface area contributed by atoms with Crippen LogP contribution in [-0.4, -0.2) is 46.4 Å². The Morgan fingerprint density at radius 2 is 2.00 bits per heavy atom.